The number of hydrogen-bond donors (Lipinski definition) is 0. The molecular formula is C8H12OS. The number of allylic oxidation sites excluding steroid dienone is 1. The summed E-state index contributed by atoms with van der Waals surface area (Å²) in [7, 11) is 0. The van der Waals surface area contributed by atoms with Crippen LogP contribution < -0.4 is 0 Å². The Morgan fingerprint density at radius 3 is 2.80 bits per heavy atom. The lowest BCUT2D eigenvalue weighted by Gasteiger charge is -2.26. The normalized spacial score (nSPS) is 30.0. The van der Waals surface area contributed by atoms with Crippen LogP contribution in [0.25, 0.3) is 0 Å². The molecule has 0 aromatic rings. The lowest BCUT2D eigenvalue weighted by molar-refractivity contribution is -0.107. The van der Waals surface area contributed by atoms with E-state index in [0.717, 1.165) is 12.7 Å². The third kappa shape index (κ3) is 1.87. The monoisotopic (exact) mass is 156 g/mol. The summed E-state index contributed by atoms with van der Waals surface area (Å²) in [4.78, 5) is 10.4. The van der Waals surface area contributed by atoms with E-state index < -0.39 is 0 Å². The van der Waals surface area contributed by atoms with Gasteiger partial charge < -0.3 is 4.79 Å². The van der Waals surface area contributed by atoms with Gasteiger partial charge in [0.05, 0.1) is 5.25 Å². The zero-order valence-corrected chi connectivity index (χ0v) is 7.15. The van der Waals surface area contributed by atoms with Crippen LogP contribution in [-0.2, 0) is 4.79 Å². The molecule has 1 aliphatic heterocycles. The van der Waals surface area contributed by atoms with Crippen molar-refractivity contribution in [3.8, 4) is 0 Å². The molecule has 0 radical (unpaired) electrons. The predicted octanol–water partition coefficient (Wildman–Crippen LogP) is 2.23. The topological polar surface area (TPSA) is 17.1 Å². The Morgan fingerprint density at radius 1 is 1.70 bits per heavy atom. The van der Waals surface area contributed by atoms with E-state index in [4.69, 9.17) is 0 Å². The molecule has 10 heavy (non-hydrogen) atoms. The van der Waals surface area contributed by atoms with Crippen molar-refractivity contribution in [3.05, 3.63) is 11.5 Å². The van der Waals surface area contributed by atoms with Gasteiger partial charge in [0.15, 0.2) is 0 Å². The Morgan fingerprint density at radius 2 is 2.40 bits per heavy atom. The summed E-state index contributed by atoms with van der Waals surface area (Å²) < 4.78 is 0. The second-order valence-corrected chi connectivity index (χ2v) is 4.46. The van der Waals surface area contributed by atoms with Crippen LogP contribution in [0.2, 0.25) is 0 Å². The van der Waals surface area contributed by atoms with Gasteiger partial charge in [-0.25, -0.2) is 0 Å². The van der Waals surface area contributed by atoms with Gasteiger partial charge in [-0.1, -0.05) is 19.9 Å². The van der Waals surface area contributed by atoms with Gasteiger partial charge in [0.1, 0.15) is 6.29 Å². The first-order chi connectivity index (χ1) is 4.64. The van der Waals surface area contributed by atoms with E-state index in [9.17, 15) is 4.79 Å². The van der Waals surface area contributed by atoms with E-state index in [0.29, 0.717) is 0 Å². The van der Waals surface area contributed by atoms with Crippen molar-refractivity contribution >= 4 is 18.0 Å². The summed E-state index contributed by atoms with van der Waals surface area (Å²) in [5, 5.41) is 2.21. The first-order valence-electron chi connectivity index (χ1n) is 3.42. The van der Waals surface area contributed by atoms with Crippen molar-refractivity contribution in [2.75, 3.05) is 0 Å². The molecule has 0 saturated carbocycles. The van der Waals surface area contributed by atoms with Gasteiger partial charge >= 0.3 is 0 Å². The van der Waals surface area contributed by atoms with E-state index in [1.54, 1.807) is 11.8 Å². The highest BCUT2D eigenvalue weighted by atomic mass is 32.2. The van der Waals surface area contributed by atoms with Crippen LogP contribution >= 0.6 is 11.8 Å². The van der Waals surface area contributed by atoms with Crippen LogP contribution in [0.5, 0.6) is 0 Å². The number of thioether (sulfide) groups is 1. The third-order valence-corrected chi connectivity index (χ3v) is 2.57. The Hall–Kier alpha value is -0.240. The van der Waals surface area contributed by atoms with Crippen molar-refractivity contribution in [2.24, 2.45) is 5.41 Å². The number of carbonyl (C=O) groups is 1. The van der Waals surface area contributed by atoms with Crippen molar-refractivity contribution in [1.82, 2.24) is 0 Å². The standard InChI is InChI=1S/C8H12OS/c1-8(2)3-4-10-7(5-8)6-9/h3-4,6-7H,5H2,1-2H3. The third-order valence-electron chi connectivity index (χ3n) is 1.65. The SMILES string of the molecule is CC1(C)C=CSC(C=O)C1. The van der Waals surface area contributed by atoms with Crippen LogP contribution in [0.3, 0.4) is 0 Å². The van der Waals surface area contributed by atoms with Crippen molar-refractivity contribution < 1.29 is 4.79 Å². The fourth-order valence-corrected chi connectivity index (χ4v) is 2.28. The van der Waals surface area contributed by atoms with Crippen molar-refractivity contribution in [3.63, 3.8) is 0 Å². The zero-order valence-electron chi connectivity index (χ0n) is 6.33. The maximum Gasteiger partial charge on any atom is 0.133 e. The van der Waals surface area contributed by atoms with Gasteiger partial charge in [0.2, 0.25) is 0 Å². The summed E-state index contributed by atoms with van der Waals surface area (Å²) in [5.74, 6) is 0. The molecule has 0 N–H and O–H groups in total. The van der Waals surface area contributed by atoms with Gasteiger partial charge in [-0.2, -0.15) is 0 Å². The average molecular weight is 156 g/mol. The molecule has 1 rings (SSSR count). The molecule has 56 valence electrons. The largest absolute Gasteiger partial charge is 0.302 e. The number of rotatable bonds is 1. The number of aldehydes is 1. The molecule has 0 saturated heterocycles. The van der Waals surface area contributed by atoms with Crippen LogP contribution in [0.1, 0.15) is 20.3 Å². The lowest BCUT2D eigenvalue weighted by atomic mass is 9.88. The van der Waals surface area contributed by atoms with E-state index in [1.165, 1.54) is 0 Å². The fraction of sp³-hybridized carbons (Fsp3) is 0.625. The predicted molar refractivity (Wildman–Crippen MR) is 45.0 cm³/mol. The Kier molecular flexibility index (Phi) is 2.19. The van der Waals surface area contributed by atoms with Crippen LogP contribution in [0.15, 0.2) is 11.5 Å². The Balaban J connectivity index is 2.62. The molecule has 2 heteroatoms. The summed E-state index contributed by atoms with van der Waals surface area (Å²) in [6, 6.07) is 0. The Bertz CT molecular complexity index is 161. The maximum absolute atomic E-state index is 10.4. The molecule has 0 bridgehead atoms. The van der Waals surface area contributed by atoms with E-state index in [2.05, 4.69) is 19.9 Å². The molecule has 1 unspecified atom stereocenters. The molecule has 0 aromatic carbocycles. The quantitative estimate of drug-likeness (QED) is 0.541. The van der Waals surface area contributed by atoms with Gasteiger partial charge in [-0.05, 0) is 17.2 Å². The smallest absolute Gasteiger partial charge is 0.133 e. The summed E-state index contributed by atoms with van der Waals surface area (Å²) in [6.07, 6.45) is 4.17. The van der Waals surface area contributed by atoms with Crippen molar-refractivity contribution in [2.45, 2.75) is 25.5 Å². The molecule has 0 amide bonds. The zero-order chi connectivity index (χ0) is 7.61. The molecular weight excluding hydrogens is 144 g/mol. The van der Waals surface area contributed by atoms with Gasteiger partial charge in [-0.15, -0.1) is 11.8 Å². The minimum atomic E-state index is 0.181. The summed E-state index contributed by atoms with van der Waals surface area (Å²) in [6.45, 7) is 4.30. The summed E-state index contributed by atoms with van der Waals surface area (Å²) in [5.41, 5.74) is 0.219. The minimum absolute atomic E-state index is 0.181. The molecule has 1 atom stereocenters. The lowest BCUT2D eigenvalue weighted by Crippen LogP contribution is -2.19. The molecule has 0 aromatic heterocycles. The number of carbonyl (C=O) groups excluding carboxylic acids is 1. The van der Waals surface area contributed by atoms with Crippen LogP contribution in [0.4, 0.5) is 0 Å². The molecule has 1 nitrogen and oxygen atoms in total. The number of hydrogen-bond acceptors (Lipinski definition) is 2. The van der Waals surface area contributed by atoms with Gasteiger partial charge in [0.25, 0.3) is 0 Å². The molecule has 0 aliphatic carbocycles. The van der Waals surface area contributed by atoms with Gasteiger partial charge in [-0.3, -0.25) is 0 Å². The highest BCUT2D eigenvalue weighted by Gasteiger charge is 2.23. The average Bonchev–Trinajstić information content (AvgIpc) is 1.86. The second kappa shape index (κ2) is 2.79. The maximum atomic E-state index is 10.4. The molecule has 1 heterocycles. The van der Waals surface area contributed by atoms with E-state index in [-0.39, 0.29) is 10.7 Å². The molecule has 0 spiro atoms. The second-order valence-electron chi connectivity index (χ2n) is 3.31. The van der Waals surface area contributed by atoms with Gasteiger partial charge in [0, 0.05) is 0 Å². The molecule has 0 fully saturated rings. The molecule has 1 aliphatic rings. The van der Waals surface area contributed by atoms with Crippen LogP contribution in [-0.4, -0.2) is 11.5 Å². The fourth-order valence-electron chi connectivity index (χ4n) is 1.04. The first-order valence-corrected chi connectivity index (χ1v) is 4.37. The minimum Gasteiger partial charge on any atom is -0.302 e. The van der Waals surface area contributed by atoms with E-state index in [1.807, 2.05) is 5.41 Å². The highest BCUT2D eigenvalue weighted by Crippen LogP contribution is 2.34. The van der Waals surface area contributed by atoms with Crippen LogP contribution in [0, 0.1) is 5.41 Å². The van der Waals surface area contributed by atoms with Crippen molar-refractivity contribution in [1.29, 1.82) is 0 Å². The highest BCUT2D eigenvalue weighted by molar-refractivity contribution is 8.03. The van der Waals surface area contributed by atoms with E-state index >= 15 is 0 Å². The Labute approximate surface area is 65.9 Å². The summed E-state index contributed by atoms with van der Waals surface area (Å²) >= 11 is 1.62. The first kappa shape index (κ1) is 7.86.